The number of carboxylic acid groups (broad SMARTS) is 1. The molecule has 1 saturated heterocycles. The molecule has 0 N–H and O–H groups in total. The third-order valence-corrected chi connectivity index (χ3v) is 2.50. The van der Waals surface area contributed by atoms with Crippen LogP contribution in [0.25, 0.3) is 0 Å². The van der Waals surface area contributed by atoms with E-state index in [2.05, 4.69) is 0 Å². The molecule has 11 heavy (non-hydrogen) atoms. The normalized spacial score (nSPS) is 40.2. The number of ether oxygens (including phenoxy) is 1. The second kappa shape index (κ2) is 3.44. The molecule has 2 fully saturated rings. The minimum absolute atomic E-state index is 0. The molecule has 0 aromatic rings. The second-order valence-electron chi connectivity index (χ2n) is 3.11. The van der Waals surface area contributed by atoms with E-state index in [1.54, 1.807) is 0 Å². The first-order valence-electron chi connectivity index (χ1n) is 3.60. The van der Waals surface area contributed by atoms with Gasteiger partial charge in [-0.1, -0.05) is 0 Å². The van der Waals surface area contributed by atoms with Gasteiger partial charge in [0.15, 0.2) is 0 Å². The van der Waals surface area contributed by atoms with Crippen LogP contribution < -0.4 is 34.7 Å². The molecule has 0 spiro atoms. The van der Waals surface area contributed by atoms with E-state index in [9.17, 15) is 9.90 Å². The summed E-state index contributed by atoms with van der Waals surface area (Å²) in [5.41, 5.74) is 0. The summed E-state index contributed by atoms with van der Waals surface area (Å²) in [6.45, 7) is 0.628. The number of carboxylic acids is 1. The van der Waals surface area contributed by atoms with E-state index in [0.717, 1.165) is 6.42 Å². The van der Waals surface area contributed by atoms with Gasteiger partial charge in [0.25, 0.3) is 0 Å². The van der Waals surface area contributed by atoms with E-state index in [1.165, 1.54) is 0 Å². The Hall–Kier alpha value is 0.430. The van der Waals surface area contributed by atoms with Gasteiger partial charge >= 0.3 is 29.6 Å². The van der Waals surface area contributed by atoms with Crippen molar-refractivity contribution in [3.63, 3.8) is 0 Å². The summed E-state index contributed by atoms with van der Waals surface area (Å²) in [6, 6.07) is 0. The van der Waals surface area contributed by atoms with Crippen molar-refractivity contribution in [2.45, 2.75) is 18.9 Å². The summed E-state index contributed by atoms with van der Waals surface area (Å²) in [5.74, 6) is -0.871. The van der Waals surface area contributed by atoms with E-state index in [0.29, 0.717) is 13.0 Å². The number of carbonyl (C=O) groups is 1. The van der Waals surface area contributed by atoms with Crippen molar-refractivity contribution in [1.29, 1.82) is 0 Å². The molecule has 1 saturated carbocycles. The van der Waals surface area contributed by atoms with E-state index in [4.69, 9.17) is 4.74 Å². The van der Waals surface area contributed by atoms with Gasteiger partial charge in [0.1, 0.15) is 0 Å². The van der Waals surface area contributed by atoms with Crippen molar-refractivity contribution in [2.75, 3.05) is 6.61 Å². The predicted molar refractivity (Wildman–Crippen MR) is 31.0 cm³/mol. The topological polar surface area (TPSA) is 49.4 Å². The first kappa shape index (κ1) is 9.52. The van der Waals surface area contributed by atoms with E-state index >= 15 is 0 Å². The van der Waals surface area contributed by atoms with Gasteiger partial charge in [0, 0.05) is 11.9 Å². The third kappa shape index (κ3) is 1.61. The van der Waals surface area contributed by atoms with Gasteiger partial charge in [-0.15, -0.1) is 0 Å². The van der Waals surface area contributed by atoms with Gasteiger partial charge in [0.05, 0.1) is 12.7 Å². The maximum atomic E-state index is 10.4. The Balaban J connectivity index is 0.000000605. The Bertz CT molecular complexity index is 171. The Morgan fingerprint density at radius 3 is 2.45 bits per heavy atom. The van der Waals surface area contributed by atoms with Crippen LogP contribution in [-0.4, -0.2) is 18.7 Å². The SMILES string of the molecule is O=C([O-])C1CC2CC1CO2.[Na+]. The quantitative estimate of drug-likeness (QED) is 0.373. The molecular weight excluding hydrogens is 155 g/mol. The number of hydrogen-bond acceptors (Lipinski definition) is 3. The van der Waals surface area contributed by atoms with Crippen molar-refractivity contribution in [3.05, 3.63) is 0 Å². The molecule has 3 atom stereocenters. The van der Waals surface area contributed by atoms with Gasteiger partial charge in [-0.25, -0.2) is 0 Å². The van der Waals surface area contributed by atoms with Crippen LogP contribution in [0.4, 0.5) is 0 Å². The molecule has 4 heteroatoms. The molecular formula is C7H9NaO3. The number of hydrogen-bond donors (Lipinski definition) is 0. The van der Waals surface area contributed by atoms with Gasteiger partial charge in [0.2, 0.25) is 0 Å². The molecule has 0 amide bonds. The van der Waals surface area contributed by atoms with Gasteiger partial charge in [-0.05, 0) is 18.8 Å². The zero-order chi connectivity index (χ0) is 7.14. The molecule has 1 aliphatic heterocycles. The van der Waals surface area contributed by atoms with E-state index in [-0.39, 0.29) is 47.5 Å². The largest absolute Gasteiger partial charge is 1.00 e. The average molecular weight is 164 g/mol. The van der Waals surface area contributed by atoms with Crippen LogP contribution >= 0.6 is 0 Å². The maximum absolute atomic E-state index is 10.4. The first-order valence-corrected chi connectivity index (χ1v) is 3.60. The third-order valence-electron chi connectivity index (χ3n) is 2.50. The first-order chi connectivity index (χ1) is 4.77. The minimum Gasteiger partial charge on any atom is -0.550 e. The van der Waals surface area contributed by atoms with Crippen LogP contribution in [0.2, 0.25) is 0 Å². The molecule has 1 aliphatic carbocycles. The summed E-state index contributed by atoms with van der Waals surface area (Å²) < 4.78 is 5.24. The minimum atomic E-state index is -0.893. The smallest absolute Gasteiger partial charge is 0.550 e. The standard InChI is InChI=1S/C7H10O3.Na/c8-7(9)6-2-5-1-4(6)3-10-5;/h4-6H,1-3H2,(H,8,9);/q;+1/p-1. The van der Waals surface area contributed by atoms with Crippen LogP contribution in [0, 0.1) is 11.8 Å². The van der Waals surface area contributed by atoms with Crippen molar-refractivity contribution in [1.82, 2.24) is 0 Å². The van der Waals surface area contributed by atoms with Crippen LogP contribution in [0.1, 0.15) is 12.8 Å². The van der Waals surface area contributed by atoms with Crippen LogP contribution in [0.15, 0.2) is 0 Å². The summed E-state index contributed by atoms with van der Waals surface area (Å²) in [7, 11) is 0. The van der Waals surface area contributed by atoms with Crippen LogP contribution in [-0.2, 0) is 9.53 Å². The predicted octanol–water partition coefficient (Wildman–Crippen LogP) is -3.83. The van der Waals surface area contributed by atoms with Gasteiger partial charge in [-0.2, -0.15) is 0 Å². The van der Waals surface area contributed by atoms with E-state index < -0.39 is 5.97 Å². The summed E-state index contributed by atoms with van der Waals surface area (Å²) >= 11 is 0. The van der Waals surface area contributed by atoms with Crippen molar-refractivity contribution in [2.24, 2.45) is 11.8 Å². The maximum Gasteiger partial charge on any atom is 1.00 e. The van der Waals surface area contributed by atoms with Crippen molar-refractivity contribution < 1.29 is 44.2 Å². The molecule has 2 bridgehead atoms. The zero-order valence-electron chi connectivity index (χ0n) is 6.58. The average Bonchev–Trinajstić information content (AvgIpc) is 2.44. The zero-order valence-corrected chi connectivity index (χ0v) is 8.58. The second-order valence-corrected chi connectivity index (χ2v) is 3.11. The summed E-state index contributed by atoms with van der Waals surface area (Å²) in [6.07, 6.45) is 1.82. The molecule has 3 unspecified atom stereocenters. The Kier molecular flexibility index (Phi) is 2.97. The number of rotatable bonds is 1. The van der Waals surface area contributed by atoms with E-state index in [1.807, 2.05) is 0 Å². The summed E-state index contributed by atoms with van der Waals surface area (Å²) in [4.78, 5) is 10.4. The van der Waals surface area contributed by atoms with Gasteiger partial charge < -0.3 is 14.6 Å². The van der Waals surface area contributed by atoms with Crippen molar-refractivity contribution >= 4 is 5.97 Å². The Morgan fingerprint density at radius 1 is 1.45 bits per heavy atom. The molecule has 0 aromatic carbocycles. The number of carbonyl (C=O) groups excluding carboxylic acids is 1. The molecule has 2 rings (SSSR count). The van der Waals surface area contributed by atoms with Gasteiger partial charge in [-0.3, -0.25) is 0 Å². The molecule has 0 aromatic heterocycles. The van der Waals surface area contributed by atoms with Crippen LogP contribution in [0.3, 0.4) is 0 Å². The Labute approximate surface area is 87.4 Å². The molecule has 3 nitrogen and oxygen atoms in total. The number of fused-ring (bicyclic) bond motifs is 2. The molecule has 0 radical (unpaired) electrons. The fourth-order valence-corrected chi connectivity index (χ4v) is 1.94. The monoisotopic (exact) mass is 164 g/mol. The summed E-state index contributed by atoms with van der Waals surface area (Å²) in [5, 5.41) is 10.4. The molecule has 2 aliphatic rings. The van der Waals surface area contributed by atoms with Crippen LogP contribution in [0.5, 0.6) is 0 Å². The fourth-order valence-electron chi connectivity index (χ4n) is 1.94. The Morgan fingerprint density at radius 2 is 2.18 bits per heavy atom. The molecule has 1 heterocycles. The molecule has 56 valence electrons. The van der Waals surface area contributed by atoms with Crippen molar-refractivity contribution in [3.8, 4) is 0 Å². The number of aliphatic carboxylic acids is 1. The fraction of sp³-hybridized carbons (Fsp3) is 0.857.